The van der Waals surface area contributed by atoms with Crippen molar-refractivity contribution in [2.45, 2.75) is 32.1 Å². The Balaban J connectivity index is 1.02. The standard InChI is InChI=1S/C30H32N6O2/c31-16-22-5-7-24(8-6-22)38-20-23-3-2-12-36(19-23)28(37)15-21-9-13-35(14-10-21)27-18-34-30-29(27)25-4-1-11-32-26(25)17-33-30/h1,4-8,11,17-18,21,23,32H,2-3,9-10,12-15,19-20H2. The predicted molar refractivity (Wildman–Crippen MR) is 147 cm³/mol. The smallest absolute Gasteiger partial charge is 0.222 e. The Morgan fingerprint density at radius 2 is 1.87 bits per heavy atom. The summed E-state index contributed by atoms with van der Waals surface area (Å²) in [5.41, 5.74) is 3.56. The molecule has 0 bridgehead atoms. The lowest BCUT2D eigenvalue weighted by atomic mass is 9.91. The summed E-state index contributed by atoms with van der Waals surface area (Å²) < 4.78 is 5.96. The molecule has 8 nitrogen and oxygen atoms in total. The molecule has 2 aliphatic heterocycles. The molecule has 1 N–H and O–H groups in total. The maximum atomic E-state index is 13.2. The number of rotatable bonds is 6. The number of amides is 1. The monoisotopic (exact) mass is 508 g/mol. The Morgan fingerprint density at radius 3 is 2.68 bits per heavy atom. The number of likely N-dealkylation sites (tertiary alicyclic amines) is 1. The number of H-pyrrole nitrogens is 1. The van der Waals surface area contributed by atoms with E-state index in [1.807, 2.05) is 41.7 Å². The van der Waals surface area contributed by atoms with Gasteiger partial charge in [-0.2, -0.15) is 5.26 Å². The van der Waals surface area contributed by atoms with Gasteiger partial charge in [-0.25, -0.2) is 9.97 Å². The van der Waals surface area contributed by atoms with Gasteiger partial charge in [0, 0.05) is 50.1 Å². The number of piperidine rings is 2. The van der Waals surface area contributed by atoms with E-state index in [-0.39, 0.29) is 5.91 Å². The van der Waals surface area contributed by atoms with Gasteiger partial charge in [-0.1, -0.05) is 6.07 Å². The van der Waals surface area contributed by atoms with Crippen molar-refractivity contribution in [3.05, 3.63) is 60.6 Å². The number of nitrogens with zero attached hydrogens (tertiary/aromatic N) is 5. The van der Waals surface area contributed by atoms with Crippen LogP contribution in [0.3, 0.4) is 0 Å². The molecule has 1 unspecified atom stereocenters. The SMILES string of the molecule is N#Cc1ccc(OCC2CCCN(C(=O)CC3CCN(c4cnc5ncc6[nH]cccc6c45)CC3)C2)cc1. The molecular formula is C30H32N6O2. The van der Waals surface area contributed by atoms with Crippen molar-refractivity contribution in [1.29, 1.82) is 5.26 Å². The van der Waals surface area contributed by atoms with Gasteiger partial charge in [0.15, 0.2) is 5.65 Å². The molecule has 0 spiro atoms. The zero-order valence-electron chi connectivity index (χ0n) is 21.5. The number of nitriles is 1. The molecule has 0 radical (unpaired) electrons. The van der Waals surface area contributed by atoms with Gasteiger partial charge in [-0.05, 0) is 61.9 Å². The fraction of sp³-hybridized carbons (Fsp3) is 0.400. The molecule has 1 aromatic carbocycles. The highest BCUT2D eigenvalue weighted by Crippen LogP contribution is 2.34. The molecule has 6 rings (SSSR count). The van der Waals surface area contributed by atoms with E-state index < -0.39 is 0 Å². The Labute approximate surface area is 222 Å². The van der Waals surface area contributed by atoms with Gasteiger partial charge in [0.1, 0.15) is 5.75 Å². The molecular weight excluding hydrogens is 476 g/mol. The third-order valence-corrected chi connectivity index (χ3v) is 8.02. The van der Waals surface area contributed by atoms with Crippen molar-refractivity contribution in [2.24, 2.45) is 11.8 Å². The van der Waals surface area contributed by atoms with Gasteiger partial charge in [0.05, 0.1) is 47.2 Å². The lowest BCUT2D eigenvalue weighted by Gasteiger charge is -2.36. The van der Waals surface area contributed by atoms with E-state index in [1.165, 1.54) is 0 Å². The average molecular weight is 509 g/mol. The summed E-state index contributed by atoms with van der Waals surface area (Å²) in [4.78, 5) is 30.0. The van der Waals surface area contributed by atoms with Crippen LogP contribution in [0.25, 0.3) is 21.9 Å². The number of hydrogen-bond acceptors (Lipinski definition) is 6. The number of aromatic nitrogens is 3. The molecule has 194 valence electrons. The number of carbonyl (C=O) groups excluding carboxylic acids is 1. The number of ether oxygens (including phenoxy) is 1. The lowest BCUT2D eigenvalue weighted by molar-refractivity contribution is -0.134. The summed E-state index contributed by atoms with van der Waals surface area (Å²) in [5.74, 6) is 1.79. The van der Waals surface area contributed by atoms with Crippen molar-refractivity contribution in [3.8, 4) is 11.8 Å². The van der Waals surface area contributed by atoms with Gasteiger partial charge in [0.25, 0.3) is 0 Å². The third kappa shape index (κ3) is 5.01. The minimum atomic E-state index is 0.276. The van der Waals surface area contributed by atoms with Crippen LogP contribution in [-0.2, 0) is 4.79 Å². The number of fused-ring (bicyclic) bond motifs is 3. The average Bonchev–Trinajstić information content (AvgIpc) is 3.42. The molecule has 0 saturated carbocycles. The van der Waals surface area contributed by atoms with Gasteiger partial charge in [-0.3, -0.25) is 4.79 Å². The highest BCUT2D eigenvalue weighted by molar-refractivity contribution is 6.10. The Bertz CT molecular complexity index is 1470. The van der Waals surface area contributed by atoms with Crippen LogP contribution in [0.5, 0.6) is 5.75 Å². The molecule has 3 aromatic heterocycles. The summed E-state index contributed by atoms with van der Waals surface area (Å²) in [6, 6.07) is 13.5. The van der Waals surface area contributed by atoms with Crippen molar-refractivity contribution >= 4 is 33.5 Å². The van der Waals surface area contributed by atoms with E-state index >= 15 is 0 Å². The maximum absolute atomic E-state index is 13.2. The van der Waals surface area contributed by atoms with E-state index in [0.717, 1.165) is 85.2 Å². The van der Waals surface area contributed by atoms with E-state index in [0.29, 0.717) is 30.4 Å². The highest BCUT2D eigenvalue weighted by atomic mass is 16.5. The normalized spacial score (nSPS) is 18.6. The van der Waals surface area contributed by atoms with Crippen molar-refractivity contribution < 1.29 is 9.53 Å². The zero-order chi connectivity index (χ0) is 25.9. The zero-order valence-corrected chi connectivity index (χ0v) is 21.5. The molecule has 2 fully saturated rings. The van der Waals surface area contributed by atoms with Crippen molar-refractivity contribution in [1.82, 2.24) is 19.9 Å². The number of nitrogens with one attached hydrogen (secondary N) is 1. The number of anilines is 1. The van der Waals surface area contributed by atoms with Crippen LogP contribution < -0.4 is 9.64 Å². The number of benzene rings is 1. The largest absolute Gasteiger partial charge is 0.493 e. The second kappa shape index (κ2) is 10.7. The van der Waals surface area contributed by atoms with Crippen molar-refractivity contribution in [3.63, 3.8) is 0 Å². The number of aromatic amines is 1. The summed E-state index contributed by atoms with van der Waals surface area (Å²) in [5, 5.41) is 11.2. The second-order valence-corrected chi connectivity index (χ2v) is 10.5. The molecule has 5 heterocycles. The van der Waals surface area contributed by atoms with Crippen LogP contribution in [0.1, 0.15) is 37.7 Å². The molecule has 8 heteroatoms. The summed E-state index contributed by atoms with van der Waals surface area (Å²) in [7, 11) is 0. The Kier molecular flexibility index (Phi) is 6.82. The maximum Gasteiger partial charge on any atom is 0.222 e. The lowest BCUT2D eigenvalue weighted by Crippen LogP contribution is -2.43. The van der Waals surface area contributed by atoms with E-state index in [2.05, 4.69) is 32.0 Å². The Morgan fingerprint density at radius 1 is 1.05 bits per heavy atom. The first-order valence-electron chi connectivity index (χ1n) is 13.5. The highest BCUT2D eigenvalue weighted by Gasteiger charge is 2.28. The van der Waals surface area contributed by atoms with Crippen LogP contribution in [0.2, 0.25) is 0 Å². The van der Waals surface area contributed by atoms with Crippen LogP contribution in [0.15, 0.2) is 55.0 Å². The quantitative estimate of drug-likeness (QED) is 0.398. The Hall–Kier alpha value is -4.12. The van der Waals surface area contributed by atoms with Gasteiger partial charge < -0.3 is 19.5 Å². The summed E-state index contributed by atoms with van der Waals surface area (Å²) in [6.07, 6.45) is 10.4. The number of hydrogen-bond donors (Lipinski definition) is 1. The fourth-order valence-corrected chi connectivity index (χ4v) is 5.88. The molecule has 1 amide bonds. The van der Waals surface area contributed by atoms with E-state index in [1.54, 1.807) is 12.1 Å². The summed E-state index contributed by atoms with van der Waals surface area (Å²) in [6.45, 7) is 4.04. The van der Waals surface area contributed by atoms with Gasteiger partial charge in [-0.15, -0.1) is 0 Å². The molecule has 2 aliphatic rings. The van der Waals surface area contributed by atoms with Crippen LogP contribution in [-0.4, -0.2) is 58.5 Å². The van der Waals surface area contributed by atoms with Gasteiger partial charge >= 0.3 is 0 Å². The predicted octanol–water partition coefficient (Wildman–Crippen LogP) is 4.91. The molecule has 38 heavy (non-hydrogen) atoms. The first-order valence-corrected chi connectivity index (χ1v) is 13.5. The van der Waals surface area contributed by atoms with Crippen LogP contribution in [0, 0.1) is 23.2 Å². The molecule has 2 saturated heterocycles. The minimum Gasteiger partial charge on any atom is -0.493 e. The number of carbonyl (C=O) groups is 1. The summed E-state index contributed by atoms with van der Waals surface area (Å²) >= 11 is 0. The van der Waals surface area contributed by atoms with Gasteiger partial charge in [0.2, 0.25) is 5.91 Å². The van der Waals surface area contributed by atoms with E-state index in [9.17, 15) is 4.79 Å². The molecule has 4 aromatic rings. The minimum absolute atomic E-state index is 0.276. The number of pyridine rings is 2. The molecule has 0 aliphatic carbocycles. The second-order valence-electron chi connectivity index (χ2n) is 10.5. The van der Waals surface area contributed by atoms with Crippen LogP contribution >= 0.6 is 0 Å². The fourth-order valence-electron chi connectivity index (χ4n) is 5.88. The molecule has 1 atom stereocenters. The van der Waals surface area contributed by atoms with Crippen LogP contribution in [0.4, 0.5) is 5.69 Å². The first-order chi connectivity index (χ1) is 18.7. The topological polar surface area (TPSA) is 98.1 Å². The third-order valence-electron chi connectivity index (χ3n) is 8.02. The first kappa shape index (κ1) is 24.2. The van der Waals surface area contributed by atoms with E-state index in [4.69, 9.17) is 10.00 Å². The van der Waals surface area contributed by atoms with Crippen molar-refractivity contribution in [2.75, 3.05) is 37.7 Å².